The summed E-state index contributed by atoms with van der Waals surface area (Å²) in [5, 5.41) is 3.69. The van der Waals surface area contributed by atoms with Crippen LogP contribution in [0.1, 0.15) is 54.0 Å². The largest absolute Gasteiger partial charge is 0.310 e. The monoisotopic (exact) mass is 217 g/mol. The molecule has 1 aromatic carbocycles. The number of nitrogens with one attached hydrogen (secondary N) is 1. The van der Waals surface area contributed by atoms with E-state index in [2.05, 4.69) is 38.2 Å². The second-order valence-corrected chi connectivity index (χ2v) is 5.15. The van der Waals surface area contributed by atoms with Gasteiger partial charge in [0.05, 0.1) is 0 Å². The molecule has 0 amide bonds. The van der Waals surface area contributed by atoms with E-state index >= 15 is 0 Å². The second kappa shape index (κ2) is 5.01. The highest BCUT2D eigenvalue weighted by molar-refractivity contribution is 5.38. The molecule has 0 radical (unpaired) electrons. The molecule has 88 valence electrons. The summed E-state index contributed by atoms with van der Waals surface area (Å²) in [6, 6.07) is 5.30. The predicted octanol–water partition coefficient (Wildman–Crippen LogP) is 3.82. The summed E-state index contributed by atoms with van der Waals surface area (Å²) in [6.07, 6.45) is 5.38. The summed E-state index contributed by atoms with van der Waals surface area (Å²) in [5.41, 5.74) is 5.80. The normalized spacial score (nSPS) is 21.8. The third kappa shape index (κ3) is 2.46. The summed E-state index contributed by atoms with van der Waals surface area (Å²) in [5.74, 6) is 0. The van der Waals surface area contributed by atoms with Crippen molar-refractivity contribution in [3.63, 3.8) is 0 Å². The van der Waals surface area contributed by atoms with Gasteiger partial charge in [-0.15, -0.1) is 0 Å². The Morgan fingerprint density at radius 1 is 0.938 bits per heavy atom. The lowest BCUT2D eigenvalue weighted by atomic mass is 9.93. The van der Waals surface area contributed by atoms with Crippen LogP contribution in [0.25, 0.3) is 0 Å². The quantitative estimate of drug-likeness (QED) is 0.754. The Bertz CT molecular complexity index is 360. The van der Waals surface area contributed by atoms with Crippen molar-refractivity contribution < 1.29 is 0 Å². The third-order valence-electron chi connectivity index (χ3n) is 3.82. The van der Waals surface area contributed by atoms with Crippen molar-refractivity contribution in [1.82, 2.24) is 5.32 Å². The van der Waals surface area contributed by atoms with Crippen molar-refractivity contribution in [2.24, 2.45) is 0 Å². The molecule has 0 aliphatic carbocycles. The van der Waals surface area contributed by atoms with Crippen molar-refractivity contribution in [3.05, 3.63) is 34.4 Å². The molecule has 1 heteroatoms. The molecule has 1 saturated heterocycles. The predicted molar refractivity (Wildman–Crippen MR) is 69.9 cm³/mol. The molecular formula is C15H23N. The van der Waals surface area contributed by atoms with Gasteiger partial charge in [0.1, 0.15) is 0 Å². The minimum absolute atomic E-state index is 0.585. The van der Waals surface area contributed by atoms with Crippen LogP contribution in [0, 0.1) is 20.8 Å². The molecule has 0 unspecified atom stereocenters. The first-order valence-electron chi connectivity index (χ1n) is 6.49. The van der Waals surface area contributed by atoms with Crippen molar-refractivity contribution in [1.29, 1.82) is 0 Å². The zero-order valence-electron chi connectivity index (χ0n) is 10.8. The van der Waals surface area contributed by atoms with Crippen LogP contribution in [0.3, 0.4) is 0 Å². The van der Waals surface area contributed by atoms with E-state index in [0.29, 0.717) is 6.04 Å². The first kappa shape index (κ1) is 11.7. The molecule has 1 heterocycles. The number of hydrogen-bond acceptors (Lipinski definition) is 1. The zero-order valence-corrected chi connectivity index (χ0v) is 10.8. The van der Waals surface area contributed by atoms with Gasteiger partial charge in [-0.25, -0.2) is 0 Å². The van der Waals surface area contributed by atoms with Crippen LogP contribution in [0.4, 0.5) is 0 Å². The maximum atomic E-state index is 3.69. The van der Waals surface area contributed by atoms with E-state index in [9.17, 15) is 0 Å². The van der Waals surface area contributed by atoms with Crippen molar-refractivity contribution >= 4 is 0 Å². The molecule has 16 heavy (non-hydrogen) atoms. The van der Waals surface area contributed by atoms with Crippen LogP contribution in [-0.4, -0.2) is 6.54 Å². The van der Waals surface area contributed by atoms with Crippen LogP contribution in [0.2, 0.25) is 0 Å². The molecule has 1 aliphatic rings. The minimum Gasteiger partial charge on any atom is -0.310 e. The molecule has 2 rings (SSSR count). The smallest absolute Gasteiger partial charge is 0.0322 e. The van der Waals surface area contributed by atoms with Gasteiger partial charge >= 0.3 is 0 Å². The van der Waals surface area contributed by atoms with Gasteiger partial charge in [-0.2, -0.15) is 0 Å². The lowest BCUT2D eigenvalue weighted by Crippen LogP contribution is -2.21. The molecule has 1 fully saturated rings. The fourth-order valence-corrected chi connectivity index (χ4v) is 2.65. The maximum absolute atomic E-state index is 3.69. The first-order valence-corrected chi connectivity index (χ1v) is 6.49. The van der Waals surface area contributed by atoms with Crippen molar-refractivity contribution in [2.45, 2.75) is 52.5 Å². The zero-order chi connectivity index (χ0) is 11.5. The molecule has 1 atom stereocenters. The summed E-state index contributed by atoms with van der Waals surface area (Å²) in [6.45, 7) is 7.84. The Morgan fingerprint density at radius 2 is 1.69 bits per heavy atom. The Morgan fingerprint density at radius 3 is 2.50 bits per heavy atom. The molecule has 1 nitrogen and oxygen atoms in total. The van der Waals surface area contributed by atoms with Gasteiger partial charge in [-0.1, -0.05) is 25.0 Å². The fraction of sp³-hybridized carbons (Fsp3) is 0.600. The Labute approximate surface area is 99.3 Å². The lowest BCUT2D eigenvalue weighted by molar-refractivity contribution is 0.532. The molecule has 1 aliphatic heterocycles. The molecule has 0 aromatic heterocycles. The van der Waals surface area contributed by atoms with E-state index in [1.165, 1.54) is 54.5 Å². The van der Waals surface area contributed by atoms with Gasteiger partial charge in [-0.05, 0) is 62.4 Å². The summed E-state index contributed by atoms with van der Waals surface area (Å²) < 4.78 is 0. The van der Waals surface area contributed by atoms with E-state index in [-0.39, 0.29) is 0 Å². The van der Waals surface area contributed by atoms with Gasteiger partial charge in [0.15, 0.2) is 0 Å². The SMILES string of the molecule is Cc1cc(C)c([C@H]2CCCCCN2)cc1C. The standard InChI is InChI=1S/C15H23N/c1-11-9-13(3)14(10-12(11)2)15-7-5-4-6-8-16-15/h9-10,15-16H,4-8H2,1-3H3/t15-/m1/s1. The van der Waals surface area contributed by atoms with Gasteiger partial charge in [-0.3, -0.25) is 0 Å². The van der Waals surface area contributed by atoms with E-state index in [4.69, 9.17) is 0 Å². The molecular weight excluding hydrogens is 194 g/mol. The summed E-state index contributed by atoms with van der Waals surface area (Å²) in [7, 11) is 0. The molecule has 1 aromatic rings. The van der Waals surface area contributed by atoms with Gasteiger partial charge in [0.25, 0.3) is 0 Å². The Balaban J connectivity index is 2.27. The number of rotatable bonds is 1. The average Bonchev–Trinajstić information content (AvgIpc) is 2.52. The third-order valence-corrected chi connectivity index (χ3v) is 3.82. The van der Waals surface area contributed by atoms with Crippen molar-refractivity contribution in [2.75, 3.05) is 6.54 Å². The van der Waals surface area contributed by atoms with Crippen LogP contribution in [-0.2, 0) is 0 Å². The van der Waals surface area contributed by atoms with Crippen LogP contribution < -0.4 is 5.32 Å². The second-order valence-electron chi connectivity index (χ2n) is 5.15. The van der Waals surface area contributed by atoms with Gasteiger partial charge < -0.3 is 5.32 Å². The minimum atomic E-state index is 0.585. The van der Waals surface area contributed by atoms with Gasteiger partial charge in [0.2, 0.25) is 0 Å². The van der Waals surface area contributed by atoms with E-state index in [1.54, 1.807) is 0 Å². The average molecular weight is 217 g/mol. The highest BCUT2D eigenvalue weighted by Gasteiger charge is 2.15. The van der Waals surface area contributed by atoms with E-state index in [1.807, 2.05) is 0 Å². The fourth-order valence-electron chi connectivity index (χ4n) is 2.65. The van der Waals surface area contributed by atoms with Crippen LogP contribution in [0.15, 0.2) is 12.1 Å². The number of benzene rings is 1. The van der Waals surface area contributed by atoms with E-state index < -0.39 is 0 Å². The Hall–Kier alpha value is -0.820. The molecule has 0 bridgehead atoms. The number of aryl methyl sites for hydroxylation is 3. The molecule has 0 saturated carbocycles. The van der Waals surface area contributed by atoms with Gasteiger partial charge in [0, 0.05) is 6.04 Å². The number of hydrogen-bond donors (Lipinski definition) is 1. The highest BCUT2D eigenvalue weighted by atomic mass is 14.9. The molecule has 1 N–H and O–H groups in total. The summed E-state index contributed by atoms with van der Waals surface area (Å²) >= 11 is 0. The molecule has 0 spiro atoms. The van der Waals surface area contributed by atoms with E-state index in [0.717, 1.165) is 0 Å². The summed E-state index contributed by atoms with van der Waals surface area (Å²) in [4.78, 5) is 0. The first-order chi connectivity index (χ1) is 7.68. The maximum Gasteiger partial charge on any atom is 0.0322 e. The van der Waals surface area contributed by atoms with Crippen molar-refractivity contribution in [3.8, 4) is 0 Å². The Kier molecular flexibility index (Phi) is 3.65. The topological polar surface area (TPSA) is 12.0 Å². The van der Waals surface area contributed by atoms with Crippen LogP contribution >= 0.6 is 0 Å². The highest BCUT2D eigenvalue weighted by Crippen LogP contribution is 2.27. The lowest BCUT2D eigenvalue weighted by Gasteiger charge is -2.20. The van der Waals surface area contributed by atoms with Crippen LogP contribution in [0.5, 0.6) is 0 Å².